The number of aromatic nitrogens is 2. The van der Waals surface area contributed by atoms with Crippen molar-refractivity contribution in [3.05, 3.63) is 12.3 Å². The van der Waals surface area contributed by atoms with Gasteiger partial charge in [-0.2, -0.15) is 4.98 Å². The van der Waals surface area contributed by atoms with Gasteiger partial charge in [0, 0.05) is 26.3 Å². The summed E-state index contributed by atoms with van der Waals surface area (Å²) in [5, 5.41) is 3.15. The highest BCUT2D eigenvalue weighted by Crippen LogP contribution is 2.26. The monoisotopic (exact) mass is 234 g/mol. The molecule has 0 aliphatic heterocycles. The van der Waals surface area contributed by atoms with E-state index in [0.29, 0.717) is 0 Å². The van der Waals surface area contributed by atoms with Gasteiger partial charge in [-0.15, -0.1) is 0 Å². The summed E-state index contributed by atoms with van der Waals surface area (Å²) in [6.07, 6.45) is 7.35. The molecule has 94 valence electrons. The van der Waals surface area contributed by atoms with Crippen LogP contribution in [-0.4, -0.2) is 30.1 Å². The Hall–Kier alpha value is -1.32. The zero-order valence-electron chi connectivity index (χ0n) is 10.8. The summed E-state index contributed by atoms with van der Waals surface area (Å²) < 4.78 is 0. The highest BCUT2D eigenvalue weighted by atomic mass is 15.2. The summed E-state index contributed by atoms with van der Waals surface area (Å²) in [5.41, 5.74) is 0. The van der Waals surface area contributed by atoms with E-state index >= 15 is 0 Å². The van der Waals surface area contributed by atoms with Gasteiger partial charge in [-0.1, -0.05) is 12.8 Å². The number of nitrogens with one attached hydrogen (secondary N) is 1. The van der Waals surface area contributed by atoms with Crippen LogP contribution in [0.3, 0.4) is 0 Å². The molecule has 4 heteroatoms. The second-order valence-electron chi connectivity index (χ2n) is 4.80. The largest absolute Gasteiger partial charge is 0.359 e. The maximum absolute atomic E-state index is 4.51. The van der Waals surface area contributed by atoms with E-state index in [2.05, 4.69) is 34.2 Å². The molecule has 0 atom stereocenters. The Kier molecular flexibility index (Phi) is 4.18. The number of rotatable bonds is 5. The maximum Gasteiger partial charge on any atom is 0.224 e. The highest BCUT2D eigenvalue weighted by molar-refractivity contribution is 5.41. The van der Waals surface area contributed by atoms with Gasteiger partial charge in [0.05, 0.1) is 0 Å². The zero-order chi connectivity index (χ0) is 12.1. The molecule has 1 heterocycles. The lowest BCUT2D eigenvalue weighted by molar-refractivity contribution is 0.545. The van der Waals surface area contributed by atoms with Crippen molar-refractivity contribution in [3.63, 3.8) is 0 Å². The first-order valence-corrected chi connectivity index (χ1v) is 6.57. The quantitative estimate of drug-likeness (QED) is 0.850. The van der Waals surface area contributed by atoms with Crippen molar-refractivity contribution in [1.82, 2.24) is 9.97 Å². The third-order valence-corrected chi connectivity index (χ3v) is 3.37. The first-order chi connectivity index (χ1) is 8.29. The van der Waals surface area contributed by atoms with Crippen LogP contribution in [0, 0.1) is 5.92 Å². The summed E-state index contributed by atoms with van der Waals surface area (Å²) in [5.74, 6) is 2.59. The lowest BCUT2D eigenvalue weighted by Gasteiger charge is -2.22. The Labute approximate surface area is 103 Å². The average Bonchev–Trinajstić information content (AvgIpc) is 2.83. The maximum atomic E-state index is 4.51. The third-order valence-electron chi connectivity index (χ3n) is 3.37. The molecule has 0 saturated heterocycles. The highest BCUT2D eigenvalue weighted by Gasteiger charge is 2.17. The summed E-state index contributed by atoms with van der Waals surface area (Å²) in [4.78, 5) is 11.0. The molecule has 0 spiro atoms. The smallest absolute Gasteiger partial charge is 0.224 e. The molecule has 1 aliphatic rings. The van der Waals surface area contributed by atoms with Crippen LogP contribution in [0.1, 0.15) is 32.6 Å². The lowest BCUT2D eigenvalue weighted by atomic mass is 10.1. The Morgan fingerprint density at radius 2 is 2.18 bits per heavy atom. The summed E-state index contributed by atoms with van der Waals surface area (Å²) in [6.45, 7) is 4.02. The lowest BCUT2D eigenvalue weighted by Crippen LogP contribution is -2.25. The van der Waals surface area contributed by atoms with Gasteiger partial charge in [-0.3, -0.25) is 0 Å². The topological polar surface area (TPSA) is 41.1 Å². The molecule has 1 saturated carbocycles. The minimum atomic E-state index is 0.725. The van der Waals surface area contributed by atoms with Crippen molar-refractivity contribution < 1.29 is 0 Å². The van der Waals surface area contributed by atoms with Crippen LogP contribution in [0.4, 0.5) is 11.8 Å². The fraction of sp³-hybridized carbons (Fsp3) is 0.692. The van der Waals surface area contributed by atoms with Crippen molar-refractivity contribution in [3.8, 4) is 0 Å². The van der Waals surface area contributed by atoms with Crippen LogP contribution in [-0.2, 0) is 0 Å². The Morgan fingerprint density at radius 3 is 2.88 bits per heavy atom. The Morgan fingerprint density at radius 1 is 1.41 bits per heavy atom. The van der Waals surface area contributed by atoms with Crippen molar-refractivity contribution in [1.29, 1.82) is 0 Å². The fourth-order valence-electron chi connectivity index (χ4n) is 2.48. The second-order valence-corrected chi connectivity index (χ2v) is 4.80. The van der Waals surface area contributed by atoms with E-state index in [0.717, 1.165) is 30.8 Å². The van der Waals surface area contributed by atoms with Gasteiger partial charge in [0.1, 0.15) is 5.82 Å². The second kappa shape index (κ2) is 5.84. The van der Waals surface area contributed by atoms with Gasteiger partial charge in [0.2, 0.25) is 5.95 Å². The predicted molar refractivity (Wildman–Crippen MR) is 71.4 cm³/mol. The molecule has 0 unspecified atom stereocenters. The number of hydrogen-bond acceptors (Lipinski definition) is 4. The molecule has 4 nitrogen and oxygen atoms in total. The molecule has 0 aromatic carbocycles. The number of anilines is 2. The summed E-state index contributed by atoms with van der Waals surface area (Å²) in [6, 6.07) is 1.98. The van der Waals surface area contributed by atoms with E-state index in [-0.39, 0.29) is 0 Å². The van der Waals surface area contributed by atoms with Gasteiger partial charge in [0.25, 0.3) is 0 Å². The van der Waals surface area contributed by atoms with Crippen LogP contribution in [0.15, 0.2) is 12.3 Å². The average molecular weight is 234 g/mol. The van der Waals surface area contributed by atoms with Crippen molar-refractivity contribution >= 4 is 11.8 Å². The van der Waals surface area contributed by atoms with E-state index in [4.69, 9.17) is 0 Å². The molecule has 1 aromatic rings. The fourth-order valence-corrected chi connectivity index (χ4v) is 2.48. The standard InChI is InChI=1S/C13H22N4/c1-3-14-13-15-9-8-12(16-13)17(2)10-11-6-4-5-7-11/h8-9,11H,3-7,10H2,1-2H3,(H,14,15,16). The normalized spacial score (nSPS) is 16.1. The molecule has 1 aromatic heterocycles. The molecule has 1 fully saturated rings. The van der Waals surface area contributed by atoms with Gasteiger partial charge in [0.15, 0.2) is 0 Å². The van der Waals surface area contributed by atoms with E-state index < -0.39 is 0 Å². The zero-order valence-corrected chi connectivity index (χ0v) is 10.8. The van der Waals surface area contributed by atoms with Gasteiger partial charge < -0.3 is 10.2 Å². The summed E-state index contributed by atoms with van der Waals surface area (Å²) in [7, 11) is 2.12. The molecule has 1 N–H and O–H groups in total. The SMILES string of the molecule is CCNc1nccc(N(C)CC2CCCC2)n1. The molecule has 0 bridgehead atoms. The van der Waals surface area contributed by atoms with Crippen molar-refractivity contribution in [2.45, 2.75) is 32.6 Å². The van der Waals surface area contributed by atoms with Crippen molar-refractivity contribution in [2.24, 2.45) is 5.92 Å². The van der Waals surface area contributed by atoms with Crippen LogP contribution >= 0.6 is 0 Å². The number of nitrogens with zero attached hydrogens (tertiary/aromatic N) is 3. The minimum Gasteiger partial charge on any atom is -0.359 e. The van der Waals surface area contributed by atoms with E-state index in [1.54, 1.807) is 0 Å². The van der Waals surface area contributed by atoms with Crippen LogP contribution in [0.25, 0.3) is 0 Å². The minimum absolute atomic E-state index is 0.725. The van der Waals surface area contributed by atoms with Crippen LogP contribution in [0.5, 0.6) is 0 Å². The molecule has 2 rings (SSSR count). The van der Waals surface area contributed by atoms with E-state index in [1.807, 2.05) is 12.3 Å². The first kappa shape index (κ1) is 12.1. The molecule has 0 amide bonds. The van der Waals surface area contributed by atoms with Crippen LogP contribution < -0.4 is 10.2 Å². The van der Waals surface area contributed by atoms with Crippen molar-refractivity contribution in [2.75, 3.05) is 30.4 Å². The predicted octanol–water partition coefficient (Wildman–Crippen LogP) is 2.53. The van der Waals surface area contributed by atoms with Gasteiger partial charge in [-0.25, -0.2) is 4.98 Å². The summed E-state index contributed by atoms with van der Waals surface area (Å²) >= 11 is 0. The van der Waals surface area contributed by atoms with E-state index in [9.17, 15) is 0 Å². The molecular weight excluding hydrogens is 212 g/mol. The molecule has 17 heavy (non-hydrogen) atoms. The van der Waals surface area contributed by atoms with E-state index in [1.165, 1.54) is 25.7 Å². The van der Waals surface area contributed by atoms with Gasteiger partial charge in [-0.05, 0) is 31.7 Å². The first-order valence-electron chi connectivity index (χ1n) is 6.57. The Balaban J connectivity index is 1.97. The molecular formula is C13H22N4. The number of hydrogen-bond donors (Lipinski definition) is 1. The van der Waals surface area contributed by atoms with Gasteiger partial charge >= 0.3 is 0 Å². The van der Waals surface area contributed by atoms with Crippen LogP contribution in [0.2, 0.25) is 0 Å². The Bertz CT molecular complexity index is 347. The third kappa shape index (κ3) is 3.32. The molecule has 0 radical (unpaired) electrons. The molecule has 1 aliphatic carbocycles.